The average Bonchev–Trinajstić information content (AvgIpc) is 2.95. The Morgan fingerprint density at radius 3 is 2.23 bits per heavy atom. The molecular weight excluding hydrogens is 629 g/mol. The van der Waals surface area contributed by atoms with Gasteiger partial charge in [0.25, 0.3) is 5.91 Å². The van der Waals surface area contributed by atoms with Crippen LogP contribution in [-0.4, -0.2) is 70.9 Å². The number of piperazine rings is 1. The molecule has 0 bridgehead atoms. The van der Waals surface area contributed by atoms with Crippen LogP contribution in [0.3, 0.4) is 0 Å². The summed E-state index contributed by atoms with van der Waals surface area (Å²) in [6, 6.07) is 11.7. The molecule has 5 rings (SSSR count). The Morgan fingerprint density at radius 1 is 0.864 bits per heavy atom. The number of fused-ring (bicyclic) bond motifs is 1. The van der Waals surface area contributed by atoms with Crippen LogP contribution in [0.4, 0.5) is 26.3 Å². The van der Waals surface area contributed by atoms with E-state index in [4.69, 9.17) is 0 Å². The summed E-state index contributed by atoms with van der Waals surface area (Å²) in [5.74, 6) is -0.513. The lowest BCUT2D eigenvalue weighted by Crippen LogP contribution is -2.57. The van der Waals surface area contributed by atoms with E-state index >= 15 is 0 Å². The van der Waals surface area contributed by atoms with Crippen molar-refractivity contribution in [3.8, 4) is 0 Å². The van der Waals surface area contributed by atoms with Crippen molar-refractivity contribution in [2.24, 2.45) is 0 Å². The van der Waals surface area contributed by atoms with E-state index in [0.717, 1.165) is 62.6 Å². The van der Waals surface area contributed by atoms with Gasteiger partial charge in [-0.15, -0.1) is 24.8 Å². The first kappa shape index (κ1) is 35.6. The second-order valence-corrected chi connectivity index (χ2v) is 11.1. The van der Waals surface area contributed by atoms with Crippen molar-refractivity contribution in [2.45, 2.75) is 44.7 Å². The van der Waals surface area contributed by atoms with Gasteiger partial charge in [-0.3, -0.25) is 19.6 Å². The first-order valence-corrected chi connectivity index (χ1v) is 13.9. The molecule has 44 heavy (non-hydrogen) atoms. The number of alkyl halides is 6. The van der Waals surface area contributed by atoms with E-state index in [9.17, 15) is 31.1 Å². The van der Waals surface area contributed by atoms with Gasteiger partial charge in [0, 0.05) is 75.7 Å². The van der Waals surface area contributed by atoms with E-state index in [0.29, 0.717) is 30.8 Å². The molecule has 1 atom stereocenters. The standard InChI is InChI=1S/C31H32F6N4O.2ClH/c1-21-15-24(18-26(16-21)31(35,36)37)29(42)41-14-13-40(12-11-39-10-8-28-23(19-39)3-2-9-38-28)20-27(41)17-22-4-6-25(7-5-22)30(32,33)34;;/h2-7,9,15-16,18,27H,8,10-14,17,19-20H2,1H3;2*1H/t27-;;/m1../s1. The number of rotatable bonds is 6. The van der Waals surface area contributed by atoms with Crippen molar-refractivity contribution >= 4 is 30.7 Å². The quantitative estimate of drug-likeness (QED) is 0.276. The minimum Gasteiger partial charge on any atom is -0.333 e. The third kappa shape index (κ3) is 8.65. The van der Waals surface area contributed by atoms with Crippen molar-refractivity contribution in [3.63, 3.8) is 0 Å². The minimum atomic E-state index is -4.59. The zero-order valence-electron chi connectivity index (χ0n) is 24.0. The Balaban J connectivity index is 0.00000264. The van der Waals surface area contributed by atoms with Crippen LogP contribution in [-0.2, 0) is 31.7 Å². The lowest BCUT2D eigenvalue weighted by Gasteiger charge is -2.42. The molecular formula is C31H34Cl2F6N4O. The molecule has 5 nitrogen and oxygen atoms in total. The van der Waals surface area contributed by atoms with Gasteiger partial charge in [0.2, 0.25) is 0 Å². The zero-order chi connectivity index (χ0) is 30.1. The van der Waals surface area contributed by atoms with E-state index < -0.39 is 35.4 Å². The number of pyridine rings is 1. The molecule has 0 spiro atoms. The highest BCUT2D eigenvalue weighted by Gasteiger charge is 2.35. The van der Waals surface area contributed by atoms with Crippen molar-refractivity contribution < 1.29 is 31.1 Å². The van der Waals surface area contributed by atoms with Gasteiger partial charge in [-0.25, -0.2) is 0 Å². The summed E-state index contributed by atoms with van der Waals surface area (Å²) in [5, 5.41) is 0. The third-order valence-electron chi connectivity index (χ3n) is 8.01. The second-order valence-electron chi connectivity index (χ2n) is 11.1. The number of benzene rings is 2. The van der Waals surface area contributed by atoms with Crippen molar-refractivity contribution in [1.29, 1.82) is 0 Å². The van der Waals surface area contributed by atoms with Crippen molar-refractivity contribution in [2.75, 3.05) is 39.3 Å². The van der Waals surface area contributed by atoms with Crippen LogP contribution >= 0.6 is 24.8 Å². The van der Waals surface area contributed by atoms with E-state index in [1.165, 1.54) is 30.7 Å². The van der Waals surface area contributed by atoms with Gasteiger partial charge in [-0.05, 0) is 66.4 Å². The number of aryl methyl sites for hydroxylation is 1. The molecule has 13 heteroatoms. The molecule has 3 heterocycles. The summed E-state index contributed by atoms with van der Waals surface area (Å²) >= 11 is 0. The van der Waals surface area contributed by atoms with Gasteiger partial charge in [-0.2, -0.15) is 26.3 Å². The Morgan fingerprint density at radius 2 is 1.55 bits per heavy atom. The largest absolute Gasteiger partial charge is 0.416 e. The van der Waals surface area contributed by atoms with Crippen LogP contribution in [0, 0.1) is 6.92 Å². The topological polar surface area (TPSA) is 39.7 Å². The Hall–Kier alpha value is -2.86. The normalized spacial score (nSPS) is 17.8. The number of halogens is 8. The molecule has 1 saturated heterocycles. The maximum Gasteiger partial charge on any atom is 0.416 e. The fourth-order valence-electron chi connectivity index (χ4n) is 5.80. The lowest BCUT2D eigenvalue weighted by atomic mass is 9.98. The molecule has 2 aliphatic heterocycles. The molecule has 0 radical (unpaired) electrons. The molecule has 3 aromatic rings. The highest BCUT2D eigenvalue weighted by atomic mass is 35.5. The second kappa shape index (κ2) is 14.5. The molecule has 0 saturated carbocycles. The number of hydrogen-bond donors (Lipinski definition) is 0. The SMILES string of the molecule is Cc1cc(C(=O)N2CCN(CCN3CCc4ncccc4C3)C[C@H]2Cc2ccc(C(F)(F)F)cc2)cc(C(F)(F)F)c1.Cl.Cl. The Kier molecular flexibility index (Phi) is 11.7. The highest BCUT2D eigenvalue weighted by molar-refractivity contribution is 5.95. The highest BCUT2D eigenvalue weighted by Crippen LogP contribution is 2.32. The minimum absolute atomic E-state index is 0. The van der Waals surface area contributed by atoms with E-state index in [1.807, 2.05) is 6.07 Å². The molecule has 0 unspecified atom stereocenters. The van der Waals surface area contributed by atoms with Crippen LogP contribution in [0.1, 0.15) is 43.9 Å². The van der Waals surface area contributed by atoms with Gasteiger partial charge in [-0.1, -0.05) is 18.2 Å². The smallest absolute Gasteiger partial charge is 0.333 e. The number of carbonyl (C=O) groups is 1. The monoisotopic (exact) mass is 662 g/mol. The van der Waals surface area contributed by atoms with Crippen molar-refractivity contribution in [3.05, 3.63) is 99.9 Å². The molecule has 1 aromatic heterocycles. The molecule has 1 fully saturated rings. The molecule has 1 amide bonds. The van der Waals surface area contributed by atoms with Gasteiger partial charge >= 0.3 is 12.4 Å². The molecule has 0 aliphatic carbocycles. The molecule has 2 aliphatic rings. The van der Waals surface area contributed by atoms with Gasteiger partial charge in [0.05, 0.1) is 11.1 Å². The van der Waals surface area contributed by atoms with E-state index in [1.54, 1.807) is 11.1 Å². The predicted octanol–water partition coefficient (Wildman–Crippen LogP) is 6.70. The third-order valence-corrected chi connectivity index (χ3v) is 8.01. The van der Waals surface area contributed by atoms with E-state index in [-0.39, 0.29) is 36.8 Å². The van der Waals surface area contributed by atoms with Crippen LogP contribution in [0.25, 0.3) is 0 Å². The van der Waals surface area contributed by atoms with Gasteiger partial charge in [0.15, 0.2) is 0 Å². The zero-order valence-corrected chi connectivity index (χ0v) is 25.6. The number of hydrogen-bond acceptors (Lipinski definition) is 4. The van der Waals surface area contributed by atoms with Crippen molar-refractivity contribution in [1.82, 2.24) is 19.7 Å². The molecule has 2 aromatic carbocycles. The van der Waals surface area contributed by atoms with Crippen LogP contribution in [0.5, 0.6) is 0 Å². The number of carbonyl (C=O) groups excluding carboxylic acids is 1. The summed E-state index contributed by atoms with van der Waals surface area (Å²) < 4.78 is 79.8. The van der Waals surface area contributed by atoms with Crippen LogP contribution in [0.2, 0.25) is 0 Å². The lowest BCUT2D eigenvalue weighted by molar-refractivity contribution is -0.138. The van der Waals surface area contributed by atoms with Gasteiger partial charge in [0.1, 0.15) is 0 Å². The van der Waals surface area contributed by atoms with Crippen LogP contribution < -0.4 is 0 Å². The first-order chi connectivity index (χ1) is 19.9. The maximum atomic E-state index is 13.6. The molecule has 0 N–H and O–H groups in total. The summed E-state index contributed by atoms with van der Waals surface area (Å²) in [7, 11) is 0. The summed E-state index contributed by atoms with van der Waals surface area (Å²) in [6.45, 7) is 6.00. The summed E-state index contributed by atoms with van der Waals surface area (Å²) in [4.78, 5) is 24.2. The van der Waals surface area contributed by atoms with Crippen LogP contribution in [0.15, 0.2) is 60.8 Å². The Labute approximate surface area is 265 Å². The number of aromatic nitrogens is 1. The maximum absolute atomic E-state index is 13.6. The van der Waals surface area contributed by atoms with Gasteiger partial charge < -0.3 is 4.90 Å². The van der Waals surface area contributed by atoms with E-state index in [2.05, 4.69) is 20.9 Å². The number of amides is 1. The number of nitrogens with zero attached hydrogens (tertiary/aromatic N) is 4. The average molecular weight is 664 g/mol. The fourth-order valence-corrected chi connectivity index (χ4v) is 5.80. The summed E-state index contributed by atoms with van der Waals surface area (Å²) in [6.07, 6.45) is -6.11. The Bertz CT molecular complexity index is 1420. The first-order valence-electron chi connectivity index (χ1n) is 13.9. The fraction of sp³-hybridized carbons (Fsp3) is 0.419. The summed E-state index contributed by atoms with van der Waals surface area (Å²) in [5.41, 5.74) is 1.56. The molecule has 240 valence electrons. The predicted molar refractivity (Wildman–Crippen MR) is 160 cm³/mol.